The number of aryl methyl sites for hydroxylation is 1. The van der Waals surface area contributed by atoms with Gasteiger partial charge in [-0.1, -0.05) is 23.7 Å². The lowest BCUT2D eigenvalue weighted by molar-refractivity contribution is 0.624. The summed E-state index contributed by atoms with van der Waals surface area (Å²) in [7, 11) is 1.96. The lowest BCUT2D eigenvalue weighted by Gasteiger charge is -2.16. The maximum Gasteiger partial charge on any atom is 0.147 e. The number of aromatic nitrogens is 2. The van der Waals surface area contributed by atoms with Crippen LogP contribution in [0.5, 0.6) is 0 Å². The average molecular weight is 304 g/mol. The highest BCUT2D eigenvalue weighted by Gasteiger charge is 2.15. The Balaban J connectivity index is 1.93. The Morgan fingerprint density at radius 1 is 1.24 bits per heavy atom. The summed E-state index contributed by atoms with van der Waals surface area (Å²) in [5.74, 6) is 0.485. The molecule has 0 spiro atoms. The van der Waals surface area contributed by atoms with Gasteiger partial charge in [0, 0.05) is 12.1 Å². The third-order valence-electron chi connectivity index (χ3n) is 3.51. The van der Waals surface area contributed by atoms with Crippen molar-refractivity contribution in [3.05, 3.63) is 59.1 Å². The van der Waals surface area contributed by atoms with E-state index >= 15 is 0 Å². The molecule has 1 unspecified atom stereocenters. The van der Waals surface area contributed by atoms with Crippen LogP contribution in [-0.2, 0) is 7.05 Å². The Morgan fingerprint density at radius 2 is 2.00 bits per heavy atom. The average Bonchev–Trinajstić information content (AvgIpc) is 2.80. The first kappa shape index (κ1) is 13.9. The van der Waals surface area contributed by atoms with Crippen LogP contribution in [0.25, 0.3) is 11.0 Å². The summed E-state index contributed by atoms with van der Waals surface area (Å²) < 4.78 is 15.9. The predicted molar refractivity (Wildman–Crippen MR) is 84.2 cm³/mol. The van der Waals surface area contributed by atoms with Crippen molar-refractivity contribution in [3.8, 4) is 0 Å². The summed E-state index contributed by atoms with van der Waals surface area (Å²) >= 11 is 5.76. The molecule has 1 N–H and O–H groups in total. The van der Waals surface area contributed by atoms with Crippen molar-refractivity contribution in [1.29, 1.82) is 0 Å². The topological polar surface area (TPSA) is 29.9 Å². The molecule has 108 valence electrons. The normalized spacial score (nSPS) is 12.6. The molecule has 0 fully saturated rings. The molecule has 0 aliphatic carbocycles. The molecule has 21 heavy (non-hydrogen) atoms. The van der Waals surface area contributed by atoms with Crippen LogP contribution in [0.4, 0.5) is 10.1 Å². The largest absolute Gasteiger partial charge is 0.373 e. The van der Waals surface area contributed by atoms with Gasteiger partial charge >= 0.3 is 0 Å². The van der Waals surface area contributed by atoms with E-state index in [9.17, 15) is 4.39 Å². The number of imidazole rings is 1. The summed E-state index contributed by atoms with van der Waals surface area (Å²) in [6.45, 7) is 1.95. The molecule has 0 bridgehead atoms. The van der Waals surface area contributed by atoms with Gasteiger partial charge in [0.2, 0.25) is 0 Å². The molecule has 1 atom stereocenters. The summed E-state index contributed by atoms with van der Waals surface area (Å²) in [5.41, 5.74) is 2.40. The lowest BCUT2D eigenvalue weighted by atomic mass is 10.2. The summed E-state index contributed by atoms with van der Waals surface area (Å²) in [5, 5.41) is 3.52. The number of para-hydroxylation sites is 2. The number of nitrogens with zero attached hydrogens (tertiary/aromatic N) is 2. The number of hydrogen-bond acceptors (Lipinski definition) is 2. The molecular formula is C16H15ClFN3. The second-order valence-electron chi connectivity index (χ2n) is 5.01. The number of halogens is 2. The maximum absolute atomic E-state index is 13.9. The number of benzene rings is 2. The van der Waals surface area contributed by atoms with Crippen molar-refractivity contribution in [2.24, 2.45) is 7.05 Å². The van der Waals surface area contributed by atoms with Gasteiger partial charge in [0.15, 0.2) is 0 Å². The Hall–Kier alpha value is -2.07. The Kier molecular flexibility index (Phi) is 3.55. The van der Waals surface area contributed by atoms with Crippen LogP contribution >= 0.6 is 11.6 Å². The van der Waals surface area contributed by atoms with Crippen LogP contribution in [0.3, 0.4) is 0 Å². The van der Waals surface area contributed by atoms with Crippen LogP contribution < -0.4 is 5.32 Å². The van der Waals surface area contributed by atoms with Gasteiger partial charge in [-0.15, -0.1) is 0 Å². The van der Waals surface area contributed by atoms with Gasteiger partial charge in [-0.3, -0.25) is 0 Å². The van der Waals surface area contributed by atoms with E-state index in [2.05, 4.69) is 10.3 Å². The van der Waals surface area contributed by atoms with Crippen LogP contribution in [0.2, 0.25) is 5.02 Å². The fourth-order valence-corrected chi connectivity index (χ4v) is 2.61. The summed E-state index contributed by atoms with van der Waals surface area (Å²) in [6, 6.07) is 12.4. The third-order valence-corrected chi connectivity index (χ3v) is 3.75. The van der Waals surface area contributed by atoms with Crippen molar-refractivity contribution in [2.75, 3.05) is 5.32 Å². The van der Waals surface area contributed by atoms with Crippen molar-refractivity contribution in [3.63, 3.8) is 0 Å². The zero-order valence-electron chi connectivity index (χ0n) is 11.8. The highest BCUT2D eigenvalue weighted by molar-refractivity contribution is 6.30. The molecule has 3 aromatic rings. The molecule has 3 nitrogen and oxygen atoms in total. The number of fused-ring (bicyclic) bond motifs is 1. The van der Waals surface area contributed by atoms with Crippen LogP contribution in [0.1, 0.15) is 18.8 Å². The first-order valence-electron chi connectivity index (χ1n) is 6.69. The summed E-state index contributed by atoms with van der Waals surface area (Å²) in [6.07, 6.45) is 0. The molecule has 5 heteroatoms. The van der Waals surface area contributed by atoms with Crippen molar-refractivity contribution >= 4 is 28.3 Å². The van der Waals surface area contributed by atoms with Gasteiger partial charge in [-0.05, 0) is 37.3 Å². The fraction of sp³-hybridized carbons (Fsp3) is 0.188. The summed E-state index contributed by atoms with van der Waals surface area (Å²) in [4.78, 5) is 4.61. The zero-order valence-corrected chi connectivity index (χ0v) is 12.5. The lowest BCUT2D eigenvalue weighted by Crippen LogP contribution is -2.12. The molecule has 1 heterocycles. The monoisotopic (exact) mass is 303 g/mol. The highest BCUT2D eigenvalue weighted by Crippen LogP contribution is 2.25. The third kappa shape index (κ3) is 2.59. The van der Waals surface area contributed by atoms with Gasteiger partial charge in [-0.25, -0.2) is 9.37 Å². The maximum atomic E-state index is 13.9. The number of anilines is 1. The van der Waals surface area contributed by atoms with Crippen LogP contribution in [0, 0.1) is 5.82 Å². The molecule has 0 saturated carbocycles. The molecule has 0 aliphatic rings. The molecule has 1 aromatic heterocycles. The van der Waals surface area contributed by atoms with Gasteiger partial charge in [0.05, 0.1) is 22.8 Å². The van der Waals surface area contributed by atoms with E-state index in [-0.39, 0.29) is 11.9 Å². The Labute approximate surface area is 127 Å². The quantitative estimate of drug-likeness (QED) is 0.770. The van der Waals surface area contributed by atoms with Crippen LogP contribution in [0.15, 0.2) is 42.5 Å². The molecule has 2 aromatic carbocycles. The molecule has 0 aliphatic heterocycles. The number of hydrogen-bond donors (Lipinski definition) is 1. The molecule has 0 radical (unpaired) electrons. The first-order valence-corrected chi connectivity index (χ1v) is 7.07. The van der Waals surface area contributed by atoms with E-state index in [1.807, 2.05) is 42.8 Å². The van der Waals surface area contributed by atoms with E-state index in [1.54, 1.807) is 12.1 Å². The van der Waals surface area contributed by atoms with Gasteiger partial charge < -0.3 is 9.88 Å². The molecule has 3 rings (SSSR count). The smallest absolute Gasteiger partial charge is 0.147 e. The first-order chi connectivity index (χ1) is 10.1. The Morgan fingerprint density at radius 3 is 2.71 bits per heavy atom. The van der Waals surface area contributed by atoms with Crippen molar-refractivity contribution in [1.82, 2.24) is 9.55 Å². The van der Waals surface area contributed by atoms with Gasteiger partial charge in [-0.2, -0.15) is 0 Å². The van der Waals surface area contributed by atoms with Gasteiger partial charge in [0.25, 0.3) is 0 Å². The minimum atomic E-state index is -0.367. The van der Waals surface area contributed by atoms with E-state index in [0.29, 0.717) is 10.7 Å². The van der Waals surface area contributed by atoms with E-state index in [0.717, 1.165) is 16.9 Å². The molecule has 0 saturated heterocycles. The SMILES string of the molecule is CC(Nc1ccc(Cl)cc1F)c1nc2ccccc2n1C. The minimum Gasteiger partial charge on any atom is -0.373 e. The van der Waals surface area contributed by atoms with Gasteiger partial charge in [0.1, 0.15) is 11.6 Å². The van der Waals surface area contributed by atoms with Crippen LogP contribution in [-0.4, -0.2) is 9.55 Å². The second-order valence-corrected chi connectivity index (χ2v) is 5.44. The zero-order chi connectivity index (χ0) is 15.0. The fourth-order valence-electron chi connectivity index (χ4n) is 2.46. The number of nitrogens with one attached hydrogen (secondary N) is 1. The number of rotatable bonds is 3. The minimum absolute atomic E-state index is 0.127. The highest BCUT2D eigenvalue weighted by atomic mass is 35.5. The molecule has 0 amide bonds. The standard InChI is InChI=1S/C16H15ClFN3/c1-10(19-13-8-7-11(17)9-12(13)18)16-20-14-5-3-4-6-15(14)21(16)2/h3-10,19H,1-2H3. The molecular weight excluding hydrogens is 289 g/mol. The van der Waals surface area contributed by atoms with Crippen molar-refractivity contribution in [2.45, 2.75) is 13.0 Å². The second kappa shape index (κ2) is 5.37. The van der Waals surface area contributed by atoms with E-state index < -0.39 is 0 Å². The Bertz CT molecular complexity index is 797. The van der Waals surface area contributed by atoms with Crippen molar-refractivity contribution < 1.29 is 4.39 Å². The predicted octanol–water partition coefficient (Wildman–Crippen LogP) is 4.54. The van der Waals surface area contributed by atoms with E-state index in [1.165, 1.54) is 6.07 Å². The van der Waals surface area contributed by atoms with E-state index in [4.69, 9.17) is 11.6 Å².